The van der Waals surface area contributed by atoms with E-state index >= 15 is 0 Å². The highest BCUT2D eigenvalue weighted by Crippen LogP contribution is 2.23. The number of ether oxygens (including phenoxy) is 1. The van der Waals surface area contributed by atoms with Crippen LogP contribution >= 0.6 is 0 Å². The first-order valence-electron chi connectivity index (χ1n) is 6.15. The summed E-state index contributed by atoms with van der Waals surface area (Å²) >= 11 is 0. The number of rotatable bonds is 6. The third-order valence-corrected chi connectivity index (χ3v) is 2.38. The van der Waals surface area contributed by atoms with Gasteiger partial charge in [0.1, 0.15) is 0 Å². The second-order valence-electron chi connectivity index (χ2n) is 5.22. The molecule has 0 aliphatic heterocycles. The minimum Gasteiger partial charge on any atom is -0.490 e. The zero-order chi connectivity index (χ0) is 13.6. The third kappa shape index (κ3) is 5.00. The van der Waals surface area contributed by atoms with Gasteiger partial charge in [0.15, 0.2) is 11.6 Å². The monoisotopic (exact) mass is 257 g/mol. The second kappa shape index (κ2) is 6.69. The topological polar surface area (TPSA) is 21.3 Å². The molecule has 0 aliphatic carbocycles. The zero-order valence-electron chi connectivity index (χ0n) is 11.2. The van der Waals surface area contributed by atoms with Crippen LogP contribution in [0.2, 0.25) is 0 Å². The molecule has 4 heteroatoms. The fourth-order valence-corrected chi connectivity index (χ4v) is 1.44. The Labute approximate surface area is 107 Å². The maximum Gasteiger partial charge on any atom is 0.165 e. The van der Waals surface area contributed by atoms with E-state index in [9.17, 15) is 8.78 Å². The fourth-order valence-electron chi connectivity index (χ4n) is 1.44. The van der Waals surface area contributed by atoms with Gasteiger partial charge in [-0.05, 0) is 26.8 Å². The molecular weight excluding hydrogens is 236 g/mol. The van der Waals surface area contributed by atoms with Gasteiger partial charge in [0.05, 0.1) is 13.3 Å². The van der Waals surface area contributed by atoms with Gasteiger partial charge in [0.2, 0.25) is 0 Å². The van der Waals surface area contributed by atoms with Crippen molar-refractivity contribution in [2.24, 2.45) is 0 Å². The SMILES string of the molecule is CC(C)(C)NCc1cccc(F)c1OCCCF. The number of halogens is 2. The summed E-state index contributed by atoms with van der Waals surface area (Å²) in [5, 5.41) is 3.28. The molecule has 1 rings (SSSR count). The fraction of sp³-hybridized carbons (Fsp3) is 0.571. The Hall–Kier alpha value is -1.16. The molecule has 0 spiro atoms. The van der Waals surface area contributed by atoms with Gasteiger partial charge in [-0.3, -0.25) is 4.39 Å². The predicted molar refractivity (Wildman–Crippen MR) is 69.1 cm³/mol. The molecule has 0 aliphatic rings. The molecule has 0 heterocycles. The molecule has 102 valence electrons. The van der Waals surface area contributed by atoms with Crippen LogP contribution in [-0.2, 0) is 6.54 Å². The molecule has 0 unspecified atom stereocenters. The van der Waals surface area contributed by atoms with Crippen molar-refractivity contribution in [3.63, 3.8) is 0 Å². The molecule has 0 bridgehead atoms. The van der Waals surface area contributed by atoms with Gasteiger partial charge in [0.25, 0.3) is 0 Å². The molecule has 1 aromatic rings. The molecule has 0 radical (unpaired) electrons. The first-order chi connectivity index (χ1) is 8.44. The number of hydrogen-bond donors (Lipinski definition) is 1. The average molecular weight is 257 g/mol. The summed E-state index contributed by atoms with van der Waals surface area (Å²) in [5.41, 5.74) is 0.700. The van der Waals surface area contributed by atoms with Crippen molar-refractivity contribution in [2.75, 3.05) is 13.3 Å². The van der Waals surface area contributed by atoms with Crippen LogP contribution in [0, 0.1) is 5.82 Å². The molecule has 0 fully saturated rings. The lowest BCUT2D eigenvalue weighted by Gasteiger charge is -2.21. The van der Waals surface area contributed by atoms with Crippen molar-refractivity contribution >= 4 is 0 Å². The van der Waals surface area contributed by atoms with Gasteiger partial charge in [-0.15, -0.1) is 0 Å². The van der Waals surface area contributed by atoms with E-state index in [-0.39, 0.29) is 24.3 Å². The lowest BCUT2D eigenvalue weighted by Crippen LogP contribution is -2.35. The molecule has 2 nitrogen and oxygen atoms in total. The molecule has 0 amide bonds. The lowest BCUT2D eigenvalue weighted by molar-refractivity contribution is 0.273. The summed E-state index contributed by atoms with van der Waals surface area (Å²) in [6.45, 7) is 6.37. The van der Waals surface area contributed by atoms with Gasteiger partial charge in [0, 0.05) is 24.1 Å². The Balaban J connectivity index is 2.73. The Morgan fingerprint density at radius 3 is 2.61 bits per heavy atom. The Morgan fingerprint density at radius 1 is 1.28 bits per heavy atom. The van der Waals surface area contributed by atoms with Crippen LogP contribution in [0.25, 0.3) is 0 Å². The number of alkyl halides is 1. The number of para-hydroxylation sites is 1. The largest absolute Gasteiger partial charge is 0.490 e. The molecular formula is C14H21F2NO. The van der Waals surface area contributed by atoms with E-state index in [2.05, 4.69) is 5.32 Å². The second-order valence-corrected chi connectivity index (χ2v) is 5.22. The predicted octanol–water partition coefficient (Wildman–Crippen LogP) is 3.45. The normalized spacial score (nSPS) is 11.6. The van der Waals surface area contributed by atoms with Crippen LogP contribution < -0.4 is 10.1 Å². The molecule has 0 saturated carbocycles. The lowest BCUT2D eigenvalue weighted by atomic mass is 10.1. The van der Waals surface area contributed by atoms with Crippen LogP contribution in [-0.4, -0.2) is 18.8 Å². The summed E-state index contributed by atoms with van der Waals surface area (Å²) in [6.07, 6.45) is 0.278. The number of hydrogen-bond acceptors (Lipinski definition) is 2. The quantitative estimate of drug-likeness (QED) is 0.788. The summed E-state index contributed by atoms with van der Waals surface area (Å²) in [6, 6.07) is 4.81. The average Bonchev–Trinajstić information content (AvgIpc) is 2.28. The van der Waals surface area contributed by atoms with E-state index in [1.807, 2.05) is 26.8 Å². The van der Waals surface area contributed by atoms with Gasteiger partial charge in [-0.2, -0.15) is 0 Å². The van der Waals surface area contributed by atoms with Gasteiger partial charge in [-0.25, -0.2) is 4.39 Å². The first-order valence-corrected chi connectivity index (χ1v) is 6.15. The van der Waals surface area contributed by atoms with Crippen molar-refractivity contribution in [3.8, 4) is 5.75 Å². The number of nitrogens with one attached hydrogen (secondary N) is 1. The molecule has 1 N–H and O–H groups in total. The molecule has 0 aromatic heterocycles. The van der Waals surface area contributed by atoms with E-state index in [1.54, 1.807) is 6.07 Å². The molecule has 0 saturated heterocycles. The first kappa shape index (κ1) is 14.9. The minimum atomic E-state index is -0.454. The van der Waals surface area contributed by atoms with Crippen LogP contribution in [0.1, 0.15) is 32.8 Å². The molecule has 1 aromatic carbocycles. The van der Waals surface area contributed by atoms with E-state index in [0.29, 0.717) is 6.54 Å². The van der Waals surface area contributed by atoms with Gasteiger partial charge in [-0.1, -0.05) is 12.1 Å². The molecule has 0 atom stereocenters. The van der Waals surface area contributed by atoms with Crippen molar-refractivity contribution in [2.45, 2.75) is 39.3 Å². The maximum atomic E-state index is 13.7. The zero-order valence-corrected chi connectivity index (χ0v) is 11.2. The molecule has 18 heavy (non-hydrogen) atoms. The maximum absolute atomic E-state index is 13.7. The summed E-state index contributed by atoms with van der Waals surface area (Å²) < 4.78 is 31.0. The van der Waals surface area contributed by atoms with Crippen molar-refractivity contribution < 1.29 is 13.5 Å². The van der Waals surface area contributed by atoms with Crippen molar-refractivity contribution in [1.82, 2.24) is 5.32 Å². The standard InChI is InChI=1S/C14H21F2NO/c1-14(2,3)17-10-11-6-4-7-12(16)13(11)18-9-5-8-15/h4,6-7,17H,5,8-10H2,1-3H3. The van der Waals surface area contributed by atoms with E-state index < -0.39 is 12.5 Å². The summed E-state index contributed by atoms with van der Waals surface area (Å²) in [5.74, 6) is -0.176. The minimum absolute atomic E-state index is 0.0530. The van der Waals surface area contributed by atoms with Crippen molar-refractivity contribution in [1.29, 1.82) is 0 Å². The van der Waals surface area contributed by atoms with Crippen molar-refractivity contribution in [3.05, 3.63) is 29.6 Å². The van der Waals surface area contributed by atoms with E-state index in [0.717, 1.165) is 5.56 Å². The highest BCUT2D eigenvalue weighted by molar-refractivity contribution is 5.35. The highest BCUT2D eigenvalue weighted by atomic mass is 19.1. The van der Waals surface area contributed by atoms with Crippen LogP contribution in [0.3, 0.4) is 0 Å². The Morgan fingerprint density at radius 2 is 2.00 bits per heavy atom. The highest BCUT2D eigenvalue weighted by Gasteiger charge is 2.13. The summed E-state index contributed by atoms with van der Waals surface area (Å²) in [4.78, 5) is 0. The van der Waals surface area contributed by atoms with Crippen LogP contribution in [0.4, 0.5) is 8.78 Å². The van der Waals surface area contributed by atoms with Crippen LogP contribution in [0.5, 0.6) is 5.75 Å². The van der Waals surface area contributed by atoms with E-state index in [4.69, 9.17) is 4.74 Å². The smallest absolute Gasteiger partial charge is 0.165 e. The number of benzene rings is 1. The van der Waals surface area contributed by atoms with Gasteiger partial charge < -0.3 is 10.1 Å². The van der Waals surface area contributed by atoms with E-state index in [1.165, 1.54) is 6.07 Å². The van der Waals surface area contributed by atoms with Crippen LogP contribution in [0.15, 0.2) is 18.2 Å². The Kier molecular flexibility index (Phi) is 5.54. The summed E-state index contributed by atoms with van der Waals surface area (Å²) in [7, 11) is 0. The van der Waals surface area contributed by atoms with Gasteiger partial charge >= 0.3 is 0 Å². The third-order valence-electron chi connectivity index (χ3n) is 2.38. The Bertz CT molecular complexity index is 375.